The van der Waals surface area contributed by atoms with Crippen molar-refractivity contribution in [2.75, 3.05) is 18.4 Å². The van der Waals surface area contributed by atoms with Gasteiger partial charge in [0, 0.05) is 31.0 Å². The summed E-state index contributed by atoms with van der Waals surface area (Å²) in [4.78, 5) is 46.6. The normalized spacial score (nSPS) is 17.0. The number of ketones is 1. The third-order valence-corrected chi connectivity index (χ3v) is 3.85. The number of rotatable bonds is 9. The molecule has 1 unspecified atom stereocenters. The topological polar surface area (TPSA) is 92.8 Å². The number of ether oxygens (including phenoxy) is 1. The number of anilines is 1. The molecule has 0 aliphatic carbocycles. The van der Waals surface area contributed by atoms with Crippen molar-refractivity contribution in [2.24, 2.45) is 5.92 Å². The molecule has 7 nitrogen and oxygen atoms in total. The third-order valence-electron chi connectivity index (χ3n) is 3.85. The maximum atomic E-state index is 11.9. The van der Waals surface area contributed by atoms with Crippen LogP contribution < -0.4 is 5.32 Å². The van der Waals surface area contributed by atoms with E-state index in [9.17, 15) is 19.2 Å². The van der Waals surface area contributed by atoms with Crippen LogP contribution in [0.25, 0.3) is 0 Å². The second-order valence-electron chi connectivity index (χ2n) is 5.74. The zero-order valence-corrected chi connectivity index (χ0v) is 13.5. The number of amides is 2. The zero-order chi connectivity index (χ0) is 17.5. The van der Waals surface area contributed by atoms with Gasteiger partial charge in [0.25, 0.3) is 6.47 Å². The van der Waals surface area contributed by atoms with E-state index in [0.717, 1.165) is 11.3 Å². The lowest BCUT2D eigenvalue weighted by molar-refractivity contribution is -0.139. The number of imide groups is 1. The van der Waals surface area contributed by atoms with Gasteiger partial charge in [-0.3, -0.25) is 24.1 Å². The number of Topliss-reactive ketones (excluding diaryl/α,β-unsaturated/α-hetero) is 1. The first-order chi connectivity index (χ1) is 11.5. The molecule has 1 heterocycles. The van der Waals surface area contributed by atoms with E-state index in [-0.39, 0.29) is 56.1 Å². The van der Waals surface area contributed by atoms with Crippen molar-refractivity contribution in [3.05, 3.63) is 29.8 Å². The molecule has 128 valence electrons. The summed E-state index contributed by atoms with van der Waals surface area (Å²) in [5.41, 5.74) is 1.61. The van der Waals surface area contributed by atoms with Crippen molar-refractivity contribution in [3.63, 3.8) is 0 Å². The second-order valence-corrected chi connectivity index (χ2v) is 5.74. The number of likely N-dealkylation sites (tertiary alicyclic amines) is 1. The van der Waals surface area contributed by atoms with Gasteiger partial charge in [-0.15, -0.1) is 0 Å². The van der Waals surface area contributed by atoms with Gasteiger partial charge in [-0.05, 0) is 17.7 Å². The van der Waals surface area contributed by atoms with Crippen molar-refractivity contribution in [1.82, 2.24) is 4.90 Å². The highest BCUT2D eigenvalue weighted by molar-refractivity contribution is 6.03. The Kier molecular flexibility index (Phi) is 6.06. The highest BCUT2D eigenvalue weighted by atomic mass is 16.5. The molecule has 1 aromatic rings. The van der Waals surface area contributed by atoms with Crippen molar-refractivity contribution in [3.8, 4) is 0 Å². The molecule has 0 radical (unpaired) electrons. The van der Waals surface area contributed by atoms with Crippen LogP contribution in [0.4, 0.5) is 5.69 Å². The lowest BCUT2D eigenvalue weighted by atomic mass is 10.1. The van der Waals surface area contributed by atoms with Crippen molar-refractivity contribution >= 4 is 29.8 Å². The first kappa shape index (κ1) is 17.7. The highest BCUT2D eigenvalue weighted by Gasteiger charge is 2.35. The Morgan fingerprint density at radius 1 is 1.33 bits per heavy atom. The Hall–Kier alpha value is -2.70. The van der Waals surface area contributed by atoms with Crippen LogP contribution in [0.2, 0.25) is 0 Å². The van der Waals surface area contributed by atoms with Crippen LogP contribution in [-0.4, -0.2) is 42.1 Å². The number of nitrogens with zero attached hydrogens (tertiary/aromatic N) is 1. The molecule has 24 heavy (non-hydrogen) atoms. The lowest BCUT2D eigenvalue weighted by Gasteiger charge is -2.14. The molecule has 1 N–H and O–H groups in total. The van der Waals surface area contributed by atoms with E-state index >= 15 is 0 Å². The maximum absolute atomic E-state index is 11.9. The molecule has 2 amide bonds. The fourth-order valence-electron chi connectivity index (χ4n) is 2.46. The Bertz CT molecular complexity index is 626. The quantitative estimate of drug-likeness (QED) is 0.538. The van der Waals surface area contributed by atoms with E-state index in [1.165, 1.54) is 4.90 Å². The average Bonchev–Trinajstić information content (AvgIpc) is 2.82. The van der Waals surface area contributed by atoms with Crippen molar-refractivity contribution < 1.29 is 23.9 Å². The van der Waals surface area contributed by atoms with E-state index in [0.29, 0.717) is 6.47 Å². The minimum atomic E-state index is -0.285. The standard InChI is InChI=1S/C17H20N2O5/c1-12-8-16(22)19(17(12)23)7-6-15(21)9-18-14-4-2-13(3-5-14)10-24-11-20/h2-5,11-12,18H,6-10H2,1H3. The summed E-state index contributed by atoms with van der Waals surface area (Å²) in [7, 11) is 0. The van der Waals surface area contributed by atoms with E-state index in [2.05, 4.69) is 10.1 Å². The number of carbonyl (C=O) groups excluding carboxylic acids is 4. The van der Waals surface area contributed by atoms with Gasteiger partial charge in [-0.25, -0.2) is 0 Å². The highest BCUT2D eigenvalue weighted by Crippen LogP contribution is 2.18. The summed E-state index contributed by atoms with van der Waals surface area (Å²) >= 11 is 0. The van der Waals surface area contributed by atoms with Gasteiger partial charge in [0.2, 0.25) is 11.8 Å². The molecule has 1 aliphatic heterocycles. The number of hydrogen-bond acceptors (Lipinski definition) is 6. The molecule has 1 aliphatic rings. The Morgan fingerprint density at radius 3 is 2.62 bits per heavy atom. The van der Waals surface area contributed by atoms with Gasteiger partial charge >= 0.3 is 0 Å². The fraction of sp³-hybridized carbons (Fsp3) is 0.412. The molecule has 0 aromatic heterocycles. The van der Waals surface area contributed by atoms with Gasteiger partial charge in [-0.1, -0.05) is 19.1 Å². The van der Waals surface area contributed by atoms with Crippen LogP contribution in [0, 0.1) is 5.92 Å². The van der Waals surface area contributed by atoms with Crippen LogP contribution in [0.15, 0.2) is 24.3 Å². The molecule has 1 fully saturated rings. The Balaban J connectivity index is 1.74. The van der Waals surface area contributed by atoms with Crippen LogP contribution in [0.1, 0.15) is 25.3 Å². The van der Waals surface area contributed by atoms with Crippen LogP contribution in [0.5, 0.6) is 0 Å². The Morgan fingerprint density at radius 2 is 2.04 bits per heavy atom. The number of hydrogen-bond donors (Lipinski definition) is 1. The second kappa shape index (κ2) is 8.24. The summed E-state index contributed by atoms with van der Waals surface area (Å²) in [6.07, 6.45) is 0.369. The van der Waals surface area contributed by atoms with Crippen LogP contribution in [-0.2, 0) is 30.5 Å². The van der Waals surface area contributed by atoms with Gasteiger partial charge in [0.15, 0.2) is 5.78 Å². The number of carbonyl (C=O) groups is 4. The molecule has 2 rings (SSSR count). The third kappa shape index (κ3) is 4.65. The number of nitrogens with one attached hydrogen (secondary N) is 1. The van der Waals surface area contributed by atoms with E-state index in [1.54, 1.807) is 31.2 Å². The predicted molar refractivity (Wildman–Crippen MR) is 85.9 cm³/mol. The SMILES string of the molecule is CC1CC(=O)N(CCC(=O)CNc2ccc(COC=O)cc2)C1=O. The molecule has 7 heteroatoms. The van der Waals surface area contributed by atoms with E-state index < -0.39 is 0 Å². The molecule has 0 saturated carbocycles. The first-order valence-electron chi connectivity index (χ1n) is 7.75. The molecule has 1 aromatic carbocycles. The molecule has 1 saturated heterocycles. The van der Waals surface area contributed by atoms with Gasteiger partial charge < -0.3 is 10.1 Å². The summed E-state index contributed by atoms with van der Waals surface area (Å²) < 4.78 is 4.65. The Labute approximate surface area is 140 Å². The average molecular weight is 332 g/mol. The van der Waals surface area contributed by atoms with E-state index in [1.807, 2.05) is 0 Å². The lowest BCUT2D eigenvalue weighted by Crippen LogP contribution is -2.33. The zero-order valence-electron chi connectivity index (χ0n) is 13.5. The molecular formula is C17H20N2O5. The minimum absolute atomic E-state index is 0.0801. The maximum Gasteiger partial charge on any atom is 0.293 e. The molecule has 0 bridgehead atoms. The summed E-state index contributed by atoms with van der Waals surface area (Å²) in [6, 6.07) is 7.15. The summed E-state index contributed by atoms with van der Waals surface area (Å²) in [6.45, 7) is 2.58. The summed E-state index contributed by atoms with van der Waals surface area (Å²) in [5, 5.41) is 2.99. The minimum Gasteiger partial charge on any atom is -0.463 e. The first-order valence-corrected chi connectivity index (χ1v) is 7.75. The van der Waals surface area contributed by atoms with Gasteiger partial charge in [0.05, 0.1) is 6.54 Å². The van der Waals surface area contributed by atoms with Crippen molar-refractivity contribution in [2.45, 2.75) is 26.4 Å². The van der Waals surface area contributed by atoms with E-state index in [4.69, 9.17) is 0 Å². The molecule has 0 spiro atoms. The van der Waals surface area contributed by atoms with Crippen LogP contribution in [0.3, 0.4) is 0 Å². The smallest absolute Gasteiger partial charge is 0.293 e. The fourth-order valence-corrected chi connectivity index (χ4v) is 2.46. The van der Waals surface area contributed by atoms with Crippen LogP contribution >= 0.6 is 0 Å². The molecular weight excluding hydrogens is 312 g/mol. The number of benzene rings is 1. The summed E-state index contributed by atoms with van der Waals surface area (Å²) in [5.74, 6) is -0.772. The predicted octanol–water partition coefficient (Wildman–Crippen LogP) is 1.13. The van der Waals surface area contributed by atoms with Gasteiger partial charge in [-0.2, -0.15) is 0 Å². The molecule has 1 atom stereocenters. The largest absolute Gasteiger partial charge is 0.463 e. The van der Waals surface area contributed by atoms with Gasteiger partial charge in [0.1, 0.15) is 6.61 Å². The van der Waals surface area contributed by atoms with Crippen molar-refractivity contribution in [1.29, 1.82) is 0 Å². The monoisotopic (exact) mass is 332 g/mol.